The molecule has 0 amide bonds. The van der Waals surface area contributed by atoms with E-state index in [2.05, 4.69) is 9.72 Å². The van der Waals surface area contributed by atoms with Crippen molar-refractivity contribution in [3.05, 3.63) is 29.8 Å². The van der Waals surface area contributed by atoms with Crippen molar-refractivity contribution < 1.29 is 13.9 Å². The van der Waals surface area contributed by atoms with Gasteiger partial charge in [-0.15, -0.1) is 0 Å². The average molecular weight is 180 g/mol. The summed E-state index contributed by atoms with van der Waals surface area (Å²) in [5.74, 6) is -1.49. The van der Waals surface area contributed by atoms with Gasteiger partial charge in [0.2, 0.25) is 5.95 Å². The number of halogens is 1. The number of nitriles is 1. The van der Waals surface area contributed by atoms with E-state index in [1.807, 2.05) is 0 Å². The lowest BCUT2D eigenvalue weighted by molar-refractivity contribution is 0.0554. The predicted molar refractivity (Wildman–Crippen MR) is 40.1 cm³/mol. The average Bonchev–Trinajstić information content (AvgIpc) is 2.14. The molecule has 0 fully saturated rings. The third kappa shape index (κ3) is 2.52. The zero-order chi connectivity index (χ0) is 9.68. The summed E-state index contributed by atoms with van der Waals surface area (Å²) in [5, 5.41) is 8.10. The van der Waals surface area contributed by atoms with Crippen LogP contribution in [0.4, 0.5) is 4.39 Å². The van der Waals surface area contributed by atoms with Crippen molar-refractivity contribution in [1.29, 1.82) is 5.26 Å². The summed E-state index contributed by atoms with van der Waals surface area (Å²) in [4.78, 5) is 14.3. The molecule has 0 saturated carbocycles. The van der Waals surface area contributed by atoms with Gasteiger partial charge in [-0.1, -0.05) is 0 Å². The molecule has 1 aromatic rings. The van der Waals surface area contributed by atoms with Gasteiger partial charge in [-0.05, 0) is 6.07 Å². The van der Waals surface area contributed by atoms with Crippen molar-refractivity contribution in [2.45, 2.75) is 0 Å². The number of hydrogen-bond donors (Lipinski definition) is 0. The molecule has 1 rings (SSSR count). The summed E-state index contributed by atoms with van der Waals surface area (Å²) in [6.45, 7) is -0.344. The summed E-state index contributed by atoms with van der Waals surface area (Å²) in [6.07, 6.45) is 1.15. The van der Waals surface area contributed by atoms with Crippen molar-refractivity contribution in [1.82, 2.24) is 4.98 Å². The van der Waals surface area contributed by atoms with E-state index in [0.29, 0.717) is 0 Å². The molecule has 66 valence electrons. The third-order valence-electron chi connectivity index (χ3n) is 1.23. The molecule has 5 heteroatoms. The fourth-order valence-electron chi connectivity index (χ4n) is 0.711. The van der Waals surface area contributed by atoms with E-state index in [0.717, 1.165) is 12.3 Å². The molecule has 0 spiro atoms. The Bertz CT molecular complexity index is 359. The van der Waals surface area contributed by atoms with Crippen LogP contribution < -0.4 is 0 Å². The molecule has 0 bridgehead atoms. The van der Waals surface area contributed by atoms with Gasteiger partial charge in [-0.25, -0.2) is 9.78 Å². The number of aromatic nitrogens is 1. The normalized spacial score (nSPS) is 8.92. The highest BCUT2D eigenvalue weighted by molar-refractivity contribution is 5.89. The van der Waals surface area contributed by atoms with Gasteiger partial charge in [0.05, 0.1) is 5.56 Å². The lowest BCUT2D eigenvalue weighted by Crippen LogP contribution is -2.05. The molecule has 0 aliphatic heterocycles. The first kappa shape index (κ1) is 9.13. The Hall–Kier alpha value is -1.96. The number of carbonyl (C=O) groups excluding carboxylic acids is 1. The molecule has 0 aromatic carbocycles. The summed E-state index contributed by atoms with van der Waals surface area (Å²) >= 11 is 0. The van der Waals surface area contributed by atoms with Crippen LogP contribution in [0.3, 0.4) is 0 Å². The van der Waals surface area contributed by atoms with E-state index in [1.165, 1.54) is 6.07 Å². The Balaban J connectivity index is 2.72. The molecular weight excluding hydrogens is 175 g/mol. The largest absolute Gasteiger partial charge is 0.447 e. The first-order chi connectivity index (χ1) is 6.24. The van der Waals surface area contributed by atoms with Gasteiger partial charge in [-0.3, -0.25) is 0 Å². The molecule has 4 nitrogen and oxygen atoms in total. The summed E-state index contributed by atoms with van der Waals surface area (Å²) in [6, 6.07) is 3.88. The first-order valence-corrected chi connectivity index (χ1v) is 3.39. The number of nitrogens with zero attached hydrogens (tertiary/aromatic N) is 2. The summed E-state index contributed by atoms with van der Waals surface area (Å²) in [5.41, 5.74) is 0.0442. The van der Waals surface area contributed by atoms with E-state index in [9.17, 15) is 9.18 Å². The molecule has 0 aliphatic rings. The number of esters is 1. The minimum absolute atomic E-state index is 0.0442. The smallest absolute Gasteiger partial charge is 0.339 e. The predicted octanol–water partition coefficient (Wildman–Crippen LogP) is 0.901. The minimum atomic E-state index is -0.758. The standard InChI is InChI=1S/C8H5FN2O2/c9-7-5-6(1-3-11-7)8(12)13-4-2-10/h1,3,5H,4H2. The lowest BCUT2D eigenvalue weighted by atomic mass is 10.3. The maximum atomic E-state index is 12.5. The van der Waals surface area contributed by atoms with Crippen molar-refractivity contribution in [2.75, 3.05) is 6.61 Å². The second-order valence-corrected chi connectivity index (χ2v) is 2.10. The molecule has 1 aromatic heterocycles. The van der Waals surface area contributed by atoms with Crippen molar-refractivity contribution in [3.63, 3.8) is 0 Å². The zero-order valence-corrected chi connectivity index (χ0v) is 6.53. The van der Waals surface area contributed by atoms with Gasteiger partial charge in [0.15, 0.2) is 6.61 Å². The number of ether oxygens (including phenoxy) is 1. The van der Waals surface area contributed by atoms with Crippen molar-refractivity contribution in [2.24, 2.45) is 0 Å². The monoisotopic (exact) mass is 180 g/mol. The van der Waals surface area contributed by atoms with Gasteiger partial charge in [-0.2, -0.15) is 9.65 Å². The number of hydrogen-bond acceptors (Lipinski definition) is 4. The zero-order valence-electron chi connectivity index (χ0n) is 6.53. The summed E-state index contributed by atoms with van der Waals surface area (Å²) in [7, 11) is 0. The van der Waals surface area contributed by atoms with Crippen LogP contribution in [0, 0.1) is 17.3 Å². The molecule has 1 heterocycles. The van der Waals surface area contributed by atoms with Crippen LogP contribution in [0.2, 0.25) is 0 Å². The van der Waals surface area contributed by atoms with Gasteiger partial charge in [0.25, 0.3) is 0 Å². The van der Waals surface area contributed by atoms with E-state index in [1.54, 1.807) is 6.07 Å². The molecule has 0 N–H and O–H groups in total. The molecule has 0 radical (unpaired) electrons. The molecule has 13 heavy (non-hydrogen) atoms. The highest BCUT2D eigenvalue weighted by Crippen LogP contribution is 2.01. The third-order valence-corrected chi connectivity index (χ3v) is 1.23. The molecular formula is C8H5FN2O2. The topological polar surface area (TPSA) is 63.0 Å². The van der Waals surface area contributed by atoms with Gasteiger partial charge in [0.1, 0.15) is 6.07 Å². The highest BCUT2D eigenvalue weighted by atomic mass is 19.1. The van der Waals surface area contributed by atoms with Gasteiger partial charge >= 0.3 is 5.97 Å². The van der Waals surface area contributed by atoms with Gasteiger partial charge < -0.3 is 4.74 Å². The minimum Gasteiger partial charge on any atom is -0.447 e. The maximum Gasteiger partial charge on any atom is 0.339 e. The lowest BCUT2D eigenvalue weighted by Gasteiger charge is -1.98. The number of rotatable bonds is 2. The molecule has 0 unspecified atom stereocenters. The van der Waals surface area contributed by atoms with Crippen molar-refractivity contribution in [3.8, 4) is 6.07 Å². The van der Waals surface area contributed by atoms with Crippen LogP contribution in [-0.4, -0.2) is 17.6 Å². The Kier molecular flexibility index (Phi) is 2.92. The molecule has 0 atom stereocenters. The fourth-order valence-corrected chi connectivity index (χ4v) is 0.711. The van der Waals surface area contributed by atoms with Crippen LogP contribution in [0.1, 0.15) is 10.4 Å². The van der Waals surface area contributed by atoms with E-state index in [4.69, 9.17) is 5.26 Å². The van der Waals surface area contributed by atoms with E-state index >= 15 is 0 Å². The van der Waals surface area contributed by atoms with Gasteiger partial charge in [0, 0.05) is 12.3 Å². The van der Waals surface area contributed by atoms with E-state index < -0.39 is 11.9 Å². The quantitative estimate of drug-likeness (QED) is 0.501. The van der Waals surface area contributed by atoms with Crippen LogP contribution in [-0.2, 0) is 4.74 Å². The maximum absolute atomic E-state index is 12.5. The SMILES string of the molecule is N#CCOC(=O)c1ccnc(F)c1. The Labute approximate surface area is 73.6 Å². The fraction of sp³-hybridized carbons (Fsp3) is 0.125. The van der Waals surface area contributed by atoms with Crippen molar-refractivity contribution >= 4 is 5.97 Å². The molecule has 0 aliphatic carbocycles. The Morgan fingerprint density at radius 1 is 1.77 bits per heavy atom. The van der Waals surface area contributed by atoms with E-state index in [-0.39, 0.29) is 12.2 Å². The summed E-state index contributed by atoms with van der Waals surface area (Å²) < 4.78 is 16.9. The Morgan fingerprint density at radius 3 is 3.15 bits per heavy atom. The Morgan fingerprint density at radius 2 is 2.54 bits per heavy atom. The van der Waals surface area contributed by atoms with Crippen LogP contribution in [0.25, 0.3) is 0 Å². The first-order valence-electron chi connectivity index (χ1n) is 3.39. The number of carbonyl (C=O) groups is 1. The highest BCUT2D eigenvalue weighted by Gasteiger charge is 2.07. The number of pyridine rings is 1. The molecule has 0 saturated heterocycles. The van der Waals surface area contributed by atoms with Crippen LogP contribution >= 0.6 is 0 Å². The van der Waals surface area contributed by atoms with Crippen LogP contribution in [0.5, 0.6) is 0 Å². The second kappa shape index (κ2) is 4.16. The second-order valence-electron chi connectivity index (χ2n) is 2.10. The van der Waals surface area contributed by atoms with Crippen LogP contribution in [0.15, 0.2) is 18.3 Å².